The van der Waals surface area contributed by atoms with Crippen molar-refractivity contribution >= 4 is 17.6 Å². The fourth-order valence-corrected chi connectivity index (χ4v) is 3.50. The van der Waals surface area contributed by atoms with Gasteiger partial charge < -0.3 is 14.1 Å². The van der Waals surface area contributed by atoms with E-state index in [4.69, 9.17) is 9.15 Å². The Morgan fingerprint density at radius 1 is 1.10 bits per heavy atom. The zero-order chi connectivity index (χ0) is 20.2. The van der Waals surface area contributed by atoms with Crippen LogP contribution in [0.5, 0.6) is 0 Å². The second-order valence-electron chi connectivity index (χ2n) is 7.00. The summed E-state index contributed by atoms with van der Waals surface area (Å²) in [6, 6.07) is 17.3. The SMILES string of the molecule is Cc1oc(-c2ccccc2)nc1CC(=O)OCC(=O)N1CCCc2ccccc21. The molecule has 1 aliphatic heterocycles. The van der Waals surface area contributed by atoms with Crippen molar-refractivity contribution in [2.75, 3.05) is 18.1 Å². The molecule has 148 valence electrons. The standard InChI is InChI=1S/C23H22N2O4/c1-16-19(24-23(29-16)18-9-3-2-4-10-18)14-22(27)28-15-21(26)25-13-7-11-17-8-5-6-12-20(17)25/h2-6,8-10,12H,7,11,13-15H2,1H3. The van der Waals surface area contributed by atoms with E-state index in [0.29, 0.717) is 23.9 Å². The molecule has 0 spiro atoms. The number of hydrogen-bond donors (Lipinski definition) is 0. The molecule has 0 radical (unpaired) electrons. The van der Waals surface area contributed by atoms with Gasteiger partial charge in [0.05, 0.1) is 12.1 Å². The van der Waals surface area contributed by atoms with Crippen LogP contribution in [0.4, 0.5) is 5.69 Å². The highest BCUT2D eigenvalue weighted by Gasteiger charge is 2.23. The number of aromatic nitrogens is 1. The van der Waals surface area contributed by atoms with E-state index in [-0.39, 0.29) is 18.9 Å². The number of nitrogens with zero attached hydrogens (tertiary/aromatic N) is 2. The summed E-state index contributed by atoms with van der Waals surface area (Å²) in [6.07, 6.45) is 1.82. The van der Waals surface area contributed by atoms with Crippen LogP contribution in [0.2, 0.25) is 0 Å². The van der Waals surface area contributed by atoms with Gasteiger partial charge in [-0.2, -0.15) is 0 Å². The van der Waals surface area contributed by atoms with Crippen LogP contribution in [-0.2, 0) is 27.2 Å². The average Bonchev–Trinajstić information content (AvgIpc) is 3.12. The van der Waals surface area contributed by atoms with E-state index >= 15 is 0 Å². The Hall–Kier alpha value is -3.41. The quantitative estimate of drug-likeness (QED) is 0.621. The molecule has 2 aromatic carbocycles. The summed E-state index contributed by atoms with van der Waals surface area (Å²) in [5.41, 5.74) is 3.41. The number of carbonyl (C=O) groups is 2. The number of amides is 1. The third kappa shape index (κ3) is 4.21. The third-order valence-corrected chi connectivity index (χ3v) is 4.99. The number of fused-ring (bicyclic) bond motifs is 1. The van der Waals surface area contributed by atoms with Crippen LogP contribution < -0.4 is 4.90 Å². The van der Waals surface area contributed by atoms with Crippen LogP contribution in [0.3, 0.4) is 0 Å². The maximum atomic E-state index is 12.6. The Labute approximate surface area is 169 Å². The lowest BCUT2D eigenvalue weighted by atomic mass is 10.0. The van der Waals surface area contributed by atoms with E-state index in [9.17, 15) is 9.59 Å². The number of oxazole rings is 1. The lowest BCUT2D eigenvalue weighted by Gasteiger charge is -2.29. The molecule has 29 heavy (non-hydrogen) atoms. The monoisotopic (exact) mass is 390 g/mol. The van der Waals surface area contributed by atoms with E-state index in [1.54, 1.807) is 11.8 Å². The van der Waals surface area contributed by atoms with Gasteiger partial charge in [-0.05, 0) is 43.5 Å². The summed E-state index contributed by atoms with van der Waals surface area (Å²) in [7, 11) is 0. The van der Waals surface area contributed by atoms with E-state index in [1.165, 1.54) is 0 Å². The fraction of sp³-hybridized carbons (Fsp3) is 0.261. The van der Waals surface area contributed by atoms with Gasteiger partial charge in [0.15, 0.2) is 6.61 Å². The maximum Gasteiger partial charge on any atom is 0.312 e. The number of aryl methyl sites for hydroxylation is 2. The predicted octanol–water partition coefficient (Wildman–Crippen LogP) is 3.72. The van der Waals surface area contributed by atoms with Gasteiger partial charge in [-0.3, -0.25) is 9.59 Å². The van der Waals surface area contributed by atoms with Crippen LogP contribution in [0.1, 0.15) is 23.4 Å². The van der Waals surface area contributed by atoms with Crippen molar-refractivity contribution in [3.63, 3.8) is 0 Å². The Balaban J connectivity index is 1.36. The second-order valence-corrected chi connectivity index (χ2v) is 7.00. The smallest absolute Gasteiger partial charge is 0.312 e. The second kappa shape index (κ2) is 8.31. The largest absolute Gasteiger partial charge is 0.455 e. The first kappa shape index (κ1) is 18.9. The summed E-state index contributed by atoms with van der Waals surface area (Å²) in [5, 5.41) is 0. The Morgan fingerprint density at radius 3 is 2.69 bits per heavy atom. The normalized spacial score (nSPS) is 13.1. The predicted molar refractivity (Wildman–Crippen MR) is 108 cm³/mol. The van der Waals surface area contributed by atoms with Crippen LogP contribution in [0.15, 0.2) is 59.0 Å². The number of rotatable bonds is 5. The number of hydrogen-bond acceptors (Lipinski definition) is 5. The van der Waals surface area contributed by atoms with E-state index < -0.39 is 5.97 Å². The van der Waals surface area contributed by atoms with Crippen LogP contribution in [0, 0.1) is 6.92 Å². The number of para-hydroxylation sites is 1. The van der Waals surface area contributed by atoms with E-state index in [0.717, 1.165) is 29.7 Å². The molecule has 0 fully saturated rings. The fourth-order valence-electron chi connectivity index (χ4n) is 3.50. The molecule has 0 atom stereocenters. The molecular weight excluding hydrogens is 368 g/mol. The van der Waals surface area contributed by atoms with Gasteiger partial charge in [0.1, 0.15) is 5.76 Å². The van der Waals surface area contributed by atoms with Crippen molar-refractivity contribution in [3.8, 4) is 11.5 Å². The minimum Gasteiger partial charge on any atom is -0.455 e. The van der Waals surface area contributed by atoms with Crippen molar-refractivity contribution in [2.45, 2.75) is 26.2 Å². The Kier molecular flexibility index (Phi) is 5.42. The summed E-state index contributed by atoms with van der Waals surface area (Å²) in [4.78, 5) is 31.0. The number of benzene rings is 2. The molecule has 1 amide bonds. The molecule has 0 N–H and O–H groups in total. The molecule has 6 nitrogen and oxygen atoms in total. The van der Waals surface area contributed by atoms with Crippen LogP contribution in [-0.4, -0.2) is 30.0 Å². The number of ether oxygens (including phenoxy) is 1. The molecule has 3 aromatic rings. The van der Waals surface area contributed by atoms with Crippen molar-refractivity contribution in [2.24, 2.45) is 0 Å². The first-order valence-electron chi connectivity index (χ1n) is 9.67. The third-order valence-electron chi connectivity index (χ3n) is 4.99. The topological polar surface area (TPSA) is 72.6 Å². The molecule has 0 aliphatic carbocycles. The van der Waals surface area contributed by atoms with Gasteiger partial charge in [0.2, 0.25) is 5.89 Å². The van der Waals surface area contributed by atoms with Gasteiger partial charge in [-0.15, -0.1) is 0 Å². The van der Waals surface area contributed by atoms with Crippen molar-refractivity contribution in [1.29, 1.82) is 0 Å². The molecule has 2 heterocycles. The minimum atomic E-state index is -0.500. The molecule has 0 saturated heterocycles. The Morgan fingerprint density at radius 2 is 1.86 bits per heavy atom. The summed E-state index contributed by atoms with van der Waals surface area (Å²) in [5.74, 6) is 0.316. The zero-order valence-corrected chi connectivity index (χ0v) is 16.3. The Bertz CT molecular complexity index is 1030. The molecule has 0 unspecified atom stereocenters. The molecule has 1 aliphatic rings. The van der Waals surface area contributed by atoms with Crippen molar-refractivity contribution < 1.29 is 18.7 Å². The van der Waals surface area contributed by atoms with Gasteiger partial charge in [-0.1, -0.05) is 36.4 Å². The highest BCUT2D eigenvalue weighted by atomic mass is 16.5. The van der Waals surface area contributed by atoms with Gasteiger partial charge in [-0.25, -0.2) is 4.98 Å². The lowest BCUT2D eigenvalue weighted by molar-refractivity contribution is -0.147. The van der Waals surface area contributed by atoms with Gasteiger partial charge in [0, 0.05) is 17.8 Å². The minimum absolute atomic E-state index is 0.0357. The average molecular weight is 390 g/mol. The van der Waals surface area contributed by atoms with E-state index in [1.807, 2.05) is 54.6 Å². The molecule has 0 saturated carbocycles. The molecule has 4 rings (SSSR count). The molecule has 1 aromatic heterocycles. The first-order valence-corrected chi connectivity index (χ1v) is 9.67. The van der Waals surface area contributed by atoms with E-state index in [2.05, 4.69) is 4.98 Å². The molecule has 0 bridgehead atoms. The lowest BCUT2D eigenvalue weighted by Crippen LogP contribution is -2.38. The van der Waals surface area contributed by atoms with Crippen molar-refractivity contribution in [1.82, 2.24) is 4.98 Å². The number of esters is 1. The zero-order valence-electron chi connectivity index (χ0n) is 16.3. The van der Waals surface area contributed by atoms with Gasteiger partial charge in [0.25, 0.3) is 5.91 Å². The maximum absolute atomic E-state index is 12.6. The molecule has 6 heteroatoms. The van der Waals surface area contributed by atoms with Crippen LogP contribution in [0.25, 0.3) is 11.5 Å². The van der Waals surface area contributed by atoms with Gasteiger partial charge >= 0.3 is 5.97 Å². The highest BCUT2D eigenvalue weighted by Crippen LogP contribution is 2.27. The summed E-state index contributed by atoms with van der Waals surface area (Å²) < 4.78 is 10.9. The van der Waals surface area contributed by atoms with Crippen LogP contribution >= 0.6 is 0 Å². The highest BCUT2D eigenvalue weighted by molar-refractivity contribution is 5.96. The number of anilines is 1. The molecular formula is C23H22N2O4. The number of carbonyl (C=O) groups excluding carboxylic acids is 2. The first-order chi connectivity index (χ1) is 14.1. The summed E-state index contributed by atoms with van der Waals surface area (Å²) >= 11 is 0. The van der Waals surface area contributed by atoms with Crippen molar-refractivity contribution in [3.05, 3.63) is 71.6 Å². The summed E-state index contributed by atoms with van der Waals surface area (Å²) in [6.45, 7) is 2.11.